The van der Waals surface area contributed by atoms with Gasteiger partial charge in [-0.1, -0.05) is 19.9 Å². The number of nitrogens with zero attached hydrogens (tertiary/aromatic N) is 2. The van der Waals surface area contributed by atoms with E-state index in [1.807, 2.05) is 0 Å². The van der Waals surface area contributed by atoms with Crippen molar-refractivity contribution in [3.63, 3.8) is 0 Å². The van der Waals surface area contributed by atoms with Crippen molar-refractivity contribution in [2.45, 2.75) is 39.3 Å². The molecule has 1 aliphatic heterocycles. The van der Waals surface area contributed by atoms with E-state index in [1.165, 1.54) is 0 Å². The first-order chi connectivity index (χ1) is 17.7. The molecule has 1 aliphatic rings. The smallest absolute Gasteiger partial charge is 0.323 e. The van der Waals surface area contributed by atoms with E-state index in [4.69, 9.17) is 14.2 Å². The summed E-state index contributed by atoms with van der Waals surface area (Å²) < 4.78 is 17.2. The molecule has 37 heavy (non-hydrogen) atoms. The van der Waals surface area contributed by atoms with Gasteiger partial charge in [-0.25, -0.2) is 4.79 Å². The average molecular weight is 513 g/mol. The summed E-state index contributed by atoms with van der Waals surface area (Å²) in [5.41, 5.74) is 1.56. The van der Waals surface area contributed by atoms with Gasteiger partial charge in [0, 0.05) is 56.8 Å². The predicted octanol–water partition coefficient (Wildman–Crippen LogP) is 4.56. The Balaban J connectivity index is 1.84. The zero-order valence-corrected chi connectivity index (χ0v) is 22.7. The first-order valence-corrected chi connectivity index (χ1v) is 12.8. The maximum Gasteiger partial charge on any atom is 0.323 e. The highest BCUT2D eigenvalue weighted by molar-refractivity contribution is 6.01. The van der Waals surface area contributed by atoms with Gasteiger partial charge >= 0.3 is 6.03 Å². The highest BCUT2D eigenvalue weighted by atomic mass is 16.5. The highest BCUT2D eigenvalue weighted by Gasteiger charge is 2.28. The second-order valence-corrected chi connectivity index (χ2v) is 9.61. The number of amides is 3. The third kappa shape index (κ3) is 7.60. The number of ether oxygens (including phenoxy) is 3. The Morgan fingerprint density at radius 1 is 1.08 bits per heavy atom. The van der Waals surface area contributed by atoms with Crippen molar-refractivity contribution in [3.05, 3.63) is 48.0 Å². The van der Waals surface area contributed by atoms with Gasteiger partial charge in [0.1, 0.15) is 18.1 Å². The molecular weight excluding hydrogens is 472 g/mol. The number of carbonyl (C=O) groups excluding carboxylic acids is 2. The van der Waals surface area contributed by atoms with Crippen molar-refractivity contribution in [2.75, 3.05) is 58.1 Å². The highest BCUT2D eigenvalue weighted by Crippen LogP contribution is 2.27. The van der Waals surface area contributed by atoms with Gasteiger partial charge in [-0.3, -0.25) is 9.69 Å². The summed E-state index contributed by atoms with van der Waals surface area (Å²) in [4.78, 5) is 30.1. The Hall–Kier alpha value is -3.30. The van der Waals surface area contributed by atoms with E-state index in [2.05, 4.69) is 36.3 Å². The number of methoxy groups -OCH3 is 2. The Labute approximate surface area is 220 Å². The molecule has 0 saturated heterocycles. The monoisotopic (exact) mass is 512 g/mol. The summed E-state index contributed by atoms with van der Waals surface area (Å²) in [6.07, 6.45) is 0.936. The van der Waals surface area contributed by atoms with Crippen molar-refractivity contribution in [2.24, 2.45) is 5.92 Å². The van der Waals surface area contributed by atoms with E-state index < -0.39 is 6.03 Å². The summed E-state index contributed by atoms with van der Waals surface area (Å²) in [5, 5.41) is 5.62. The molecule has 0 aliphatic carbocycles. The zero-order valence-electron chi connectivity index (χ0n) is 22.7. The van der Waals surface area contributed by atoms with Crippen molar-refractivity contribution in [1.82, 2.24) is 9.80 Å². The number of likely N-dealkylation sites (N-methyl/N-ethyl adjacent to an activating group) is 1. The Morgan fingerprint density at radius 2 is 1.81 bits per heavy atom. The lowest BCUT2D eigenvalue weighted by Crippen LogP contribution is -2.46. The average Bonchev–Trinajstić information content (AvgIpc) is 2.89. The number of fused-ring (bicyclic) bond motifs is 1. The van der Waals surface area contributed by atoms with Crippen molar-refractivity contribution >= 4 is 23.3 Å². The molecule has 0 spiro atoms. The van der Waals surface area contributed by atoms with Crippen LogP contribution in [0.2, 0.25) is 0 Å². The molecule has 1 heterocycles. The largest absolute Gasteiger partial charge is 0.497 e. The minimum absolute atomic E-state index is 0.0921. The summed E-state index contributed by atoms with van der Waals surface area (Å²) in [6.45, 7) is 9.13. The van der Waals surface area contributed by atoms with E-state index in [0.29, 0.717) is 41.6 Å². The molecule has 3 amide bonds. The molecule has 3 rings (SSSR count). The van der Waals surface area contributed by atoms with Gasteiger partial charge in [0.2, 0.25) is 0 Å². The van der Waals surface area contributed by atoms with E-state index in [9.17, 15) is 9.59 Å². The molecule has 0 unspecified atom stereocenters. The molecular formula is C28H40N4O5. The van der Waals surface area contributed by atoms with Crippen molar-refractivity contribution in [1.29, 1.82) is 0 Å². The number of anilines is 2. The van der Waals surface area contributed by atoms with E-state index in [1.54, 1.807) is 68.6 Å². The Morgan fingerprint density at radius 3 is 2.49 bits per heavy atom. The topological polar surface area (TPSA) is 92.4 Å². The Bertz CT molecular complexity index is 1060. The van der Waals surface area contributed by atoms with Crippen LogP contribution in [0.3, 0.4) is 0 Å². The molecule has 2 N–H and O–H groups in total. The zero-order chi connectivity index (χ0) is 26.9. The maximum absolute atomic E-state index is 13.4. The molecule has 2 aromatic carbocycles. The summed E-state index contributed by atoms with van der Waals surface area (Å²) in [5.74, 6) is 1.16. The van der Waals surface area contributed by atoms with Gasteiger partial charge in [0.25, 0.3) is 5.91 Å². The van der Waals surface area contributed by atoms with Crippen LogP contribution in [-0.2, 0) is 4.74 Å². The van der Waals surface area contributed by atoms with Crippen LogP contribution in [0.5, 0.6) is 11.5 Å². The maximum atomic E-state index is 13.4. The number of urea groups is 1. The van der Waals surface area contributed by atoms with Gasteiger partial charge in [-0.05, 0) is 50.1 Å². The normalized spacial score (nSPS) is 21.2. The lowest BCUT2D eigenvalue weighted by atomic mass is 10.0. The molecule has 202 valence electrons. The second-order valence-electron chi connectivity index (χ2n) is 9.61. The molecule has 9 nitrogen and oxygen atoms in total. The predicted molar refractivity (Wildman–Crippen MR) is 146 cm³/mol. The SMILES string of the molecule is CCCN1C[C@@H](C)[C@@H](OC)CN(C)C(=O)c2ccc(NC(=O)Nc3cccc(OC)c3)cc2OC[C@@H]1C. The van der Waals surface area contributed by atoms with Gasteiger partial charge in [0.05, 0.1) is 18.8 Å². The van der Waals surface area contributed by atoms with Crippen molar-refractivity contribution in [3.8, 4) is 11.5 Å². The summed E-state index contributed by atoms with van der Waals surface area (Å²) >= 11 is 0. The summed E-state index contributed by atoms with van der Waals surface area (Å²) in [6, 6.07) is 11.9. The first-order valence-electron chi connectivity index (χ1n) is 12.8. The number of benzene rings is 2. The van der Waals surface area contributed by atoms with Gasteiger partial charge in [-0.15, -0.1) is 0 Å². The number of nitrogens with one attached hydrogen (secondary N) is 2. The van der Waals surface area contributed by atoms with Crippen LogP contribution in [0.4, 0.5) is 16.2 Å². The van der Waals surface area contributed by atoms with Crippen LogP contribution < -0.4 is 20.1 Å². The fraction of sp³-hybridized carbons (Fsp3) is 0.500. The van der Waals surface area contributed by atoms with Gasteiger partial charge in [-0.2, -0.15) is 0 Å². The van der Waals surface area contributed by atoms with Crippen LogP contribution >= 0.6 is 0 Å². The van der Waals surface area contributed by atoms with Crippen LogP contribution in [-0.4, -0.2) is 81.4 Å². The minimum Gasteiger partial charge on any atom is -0.497 e. The summed E-state index contributed by atoms with van der Waals surface area (Å²) in [7, 11) is 5.05. The second kappa shape index (κ2) is 13.3. The Kier molecular flexibility index (Phi) is 10.2. The van der Waals surface area contributed by atoms with Crippen LogP contribution in [0.25, 0.3) is 0 Å². The minimum atomic E-state index is -0.413. The molecule has 0 radical (unpaired) electrons. The van der Waals surface area contributed by atoms with Gasteiger partial charge < -0.3 is 29.7 Å². The molecule has 3 atom stereocenters. The third-order valence-corrected chi connectivity index (χ3v) is 6.67. The number of rotatable bonds is 6. The molecule has 9 heteroatoms. The fourth-order valence-corrected chi connectivity index (χ4v) is 4.52. The third-order valence-electron chi connectivity index (χ3n) is 6.67. The van der Waals surface area contributed by atoms with E-state index in [-0.39, 0.29) is 24.0 Å². The van der Waals surface area contributed by atoms with Crippen molar-refractivity contribution < 1.29 is 23.8 Å². The van der Waals surface area contributed by atoms with Crippen LogP contribution in [0.1, 0.15) is 37.6 Å². The lowest BCUT2D eigenvalue weighted by molar-refractivity contribution is 0.0108. The van der Waals surface area contributed by atoms with Crippen LogP contribution in [0.15, 0.2) is 42.5 Å². The van der Waals surface area contributed by atoms with E-state index >= 15 is 0 Å². The van der Waals surface area contributed by atoms with Gasteiger partial charge in [0.15, 0.2) is 0 Å². The van der Waals surface area contributed by atoms with Crippen LogP contribution in [0, 0.1) is 5.92 Å². The molecule has 2 aromatic rings. The number of hydrogen-bond donors (Lipinski definition) is 2. The molecule has 0 fully saturated rings. The molecule has 0 saturated carbocycles. The fourth-order valence-electron chi connectivity index (χ4n) is 4.52. The lowest BCUT2D eigenvalue weighted by Gasteiger charge is -2.35. The molecule has 0 bridgehead atoms. The molecule has 0 aromatic heterocycles. The number of carbonyl (C=O) groups is 2. The first kappa shape index (κ1) is 28.3. The quantitative estimate of drug-likeness (QED) is 0.590. The standard InChI is InChI=1S/C28H40N4O5/c1-7-13-32-16-19(2)26(36-6)17-31(4)27(33)24-12-11-22(15-25(24)37-18-20(32)3)30-28(34)29-21-9-8-10-23(14-21)35-5/h8-12,14-15,19-20,26H,7,13,16-18H2,1-6H3,(H2,29,30,34)/t19-,20+,26+/m1/s1. The van der Waals surface area contributed by atoms with E-state index in [0.717, 1.165) is 19.5 Å². The number of hydrogen-bond acceptors (Lipinski definition) is 6.